The summed E-state index contributed by atoms with van der Waals surface area (Å²) in [5.74, 6) is -0.102. The number of anilines is 2. The fourth-order valence-corrected chi connectivity index (χ4v) is 4.19. The number of aliphatic imine (C=N–C) groups is 1. The second-order valence-electron chi connectivity index (χ2n) is 6.26. The zero-order valence-electron chi connectivity index (χ0n) is 15.1. The molecule has 0 spiro atoms. The third-order valence-electron chi connectivity index (χ3n) is 4.37. The summed E-state index contributed by atoms with van der Waals surface area (Å²) in [6.45, 7) is 0. The molecular formula is C21H15N5O2S. The fourth-order valence-electron chi connectivity index (χ4n) is 3.13. The van der Waals surface area contributed by atoms with E-state index in [9.17, 15) is 4.79 Å². The van der Waals surface area contributed by atoms with Crippen molar-refractivity contribution in [3.05, 3.63) is 72.8 Å². The van der Waals surface area contributed by atoms with Crippen LogP contribution in [0.3, 0.4) is 0 Å². The van der Waals surface area contributed by atoms with Crippen LogP contribution < -0.4 is 16.0 Å². The summed E-state index contributed by atoms with van der Waals surface area (Å²) >= 11 is 1.62. The number of nitrogens with one attached hydrogen (secondary N) is 1. The first-order valence-electron chi connectivity index (χ1n) is 8.86. The van der Waals surface area contributed by atoms with Gasteiger partial charge in [-0.15, -0.1) is 0 Å². The third-order valence-corrected chi connectivity index (χ3v) is 5.50. The highest BCUT2D eigenvalue weighted by molar-refractivity contribution is 7.99. The average Bonchev–Trinajstić information content (AvgIpc) is 3.13. The Kier molecular flexibility index (Phi) is 4.18. The maximum atomic E-state index is 13.1. The number of carbonyl (C=O) groups is 1. The predicted octanol–water partition coefficient (Wildman–Crippen LogP) is 4.79. The lowest BCUT2D eigenvalue weighted by molar-refractivity contribution is 0.252. The first-order chi connectivity index (χ1) is 14.2. The minimum atomic E-state index is -0.414. The molecule has 0 aliphatic carbocycles. The molecule has 1 aliphatic rings. The van der Waals surface area contributed by atoms with Gasteiger partial charge in [0.1, 0.15) is 5.52 Å². The van der Waals surface area contributed by atoms with Crippen LogP contribution in [0.25, 0.3) is 11.1 Å². The topological polar surface area (TPSA) is 96.7 Å². The molecule has 0 saturated carbocycles. The van der Waals surface area contributed by atoms with Crippen LogP contribution in [0.15, 0.2) is 92.0 Å². The zero-order valence-corrected chi connectivity index (χ0v) is 15.9. The monoisotopic (exact) mass is 401 g/mol. The highest BCUT2D eigenvalue weighted by Gasteiger charge is 2.28. The van der Waals surface area contributed by atoms with E-state index in [1.54, 1.807) is 22.7 Å². The molecular weight excluding hydrogens is 386 g/mol. The summed E-state index contributed by atoms with van der Waals surface area (Å²) in [6, 6.07) is 22.4. The molecule has 5 rings (SSSR count). The number of oxazole rings is 1. The molecule has 2 amide bonds. The van der Waals surface area contributed by atoms with Crippen molar-refractivity contribution in [2.75, 3.05) is 4.90 Å². The van der Waals surface area contributed by atoms with Gasteiger partial charge in [0.15, 0.2) is 5.58 Å². The molecule has 3 aromatic carbocycles. The van der Waals surface area contributed by atoms with Gasteiger partial charge in [-0.25, -0.2) is 4.79 Å². The molecule has 2 heterocycles. The predicted molar refractivity (Wildman–Crippen MR) is 113 cm³/mol. The quantitative estimate of drug-likeness (QED) is 0.353. The van der Waals surface area contributed by atoms with Gasteiger partial charge in [0, 0.05) is 9.79 Å². The molecule has 0 atom stereocenters. The second-order valence-corrected chi connectivity index (χ2v) is 7.35. The molecule has 0 unspecified atom stereocenters. The van der Waals surface area contributed by atoms with Gasteiger partial charge in [0.05, 0.1) is 11.4 Å². The van der Waals surface area contributed by atoms with Crippen LogP contribution in [0.1, 0.15) is 0 Å². The summed E-state index contributed by atoms with van der Waals surface area (Å²) in [5, 5.41) is 2.63. The maximum Gasteiger partial charge on any atom is 0.333 e. The number of nitrogens with zero attached hydrogens (tertiary/aromatic N) is 3. The van der Waals surface area contributed by atoms with Gasteiger partial charge in [0.25, 0.3) is 0 Å². The number of fused-ring (bicyclic) bond motifs is 3. The van der Waals surface area contributed by atoms with Gasteiger partial charge < -0.3 is 10.2 Å². The van der Waals surface area contributed by atoms with E-state index in [4.69, 9.17) is 10.2 Å². The summed E-state index contributed by atoms with van der Waals surface area (Å²) < 4.78 is 5.53. The van der Waals surface area contributed by atoms with Gasteiger partial charge in [0.2, 0.25) is 5.96 Å². The summed E-state index contributed by atoms with van der Waals surface area (Å²) in [5.41, 5.74) is 8.79. The number of para-hydroxylation sites is 4. The fraction of sp³-hybridized carbons (Fsp3) is 0. The normalized spacial score (nSPS) is 13.1. The lowest BCUT2D eigenvalue weighted by Gasteiger charge is -2.30. The number of rotatable bonds is 1. The Balaban J connectivity index is 1.46. The van der Waals surface area contributed by atoms with Gasteiger partial charge >= 0.3 is 12.0 Å². The van der Waals surface area contributed by atoms with Crippen LogP contribution >= 0.6 is 11.8 Å². The van der Waals surface area contributed by atoms with Gasteiger partial charge in [-0.05, 0) is 36.4 Å². The minimum absolute atomic E-state index is 0.0824. The lowest BCUT2D eigenvalue weighted by Crippen LogP contribution is -2.44. The highest BCUT2D eigenvalue weighted by atomic mass is 32.2. The van der Waals surface area contributed by atoms with Crippen LogP contribution in [0.5, 0.6) is 0 Å². The van der Waals surface area contributed by atoms with E-state index in [0.717, 1.165) is 21.2 Å². The Bertz CT molecular complexity index is 1190. The number of hydrogen-bond acceptors (Lipinski definition) is 5. The van der Waals surface area contributed by atoms with E-state index >= 15 is 0 Å². The summed E-state index contributed by atoms with van der Waals surface area (Å²) in [4.78, 5) is 25.0. The number of benzene rings is 3. The number of aromatic nitrogens is 1. The van der Waals surface area contributed by atoms with E-state index in [1.807, 2.05) is 66.7 Å². The van der Waals surface area contributed by atoms with Crippen LogP contribution in [0, 0.1) is 0 Å². The number of urea groups is 1. The lowest BCUT2D eigenvalue weighted by atomic mass is 10.2. The van der Waals surface area contributed by atoms with Crippen molar-refractivity contribution in [2.24, 2.45) is 10.7 Å². The van der Waals surface area contributed by atoms with Crippen molar-refractivity contribution >= 4 is 52.2 Å². The number of nitrogens with two attached hydrogens (primary N) is 1. The number of guanidine groups is 1. The smallest absolute Gasteiger partial charge is 0.333 e. The summed E-state index contributed by atoms with van der Waals surface area (Å²) in [7, 11) is 0. The molecule has 29 heavy (non-hydrogen) atoms. The summed E-state index contributed by atoms with van der Waals surface area (Å²) in [6.07, 6.45) is 0. The van der Waals surface area contributed by atoms with E-state index in [-0.39, 0.29) is 12.0 Å². The Morgan fingerprint density at radius 2 is 1.59 bits per heavy atom. The standard InChI is InChI=1S/C21H15N5O2S/c22-19(24-20-23-13-7-1-4-10-16(13)28-20)25-21(27)26-14-8-2-5-11-17(14)29-18-12-6-3-9-15(18)26/h1-12H,(H3,22,23,24,25,27). The van der Waals surface area contributed by atoms with Gasteiger partial charge in [-0.1, -0.05) is 48.2 Å². The third kappa shape index (κ3) is 3.19. The molecule has 0 fully saturated rings. The van der Waals surface area contributed by atoms with E-state index in [0.29, 0.717) is 11.1 Å². The van der Waals surface area contributed by atoms with Crippen molar-refractivity contribution in [2.45, 2.75) is 9.79 Å². The van der Waals surface area contributed by atoms with Crippen LogP contribution in [0.4, 0.5) is 22.2 Å². The van der Waals surface area contributed by atoms with Crippen LogP contribution in [-0.2, 0) is 0 Å². The molecule has 142 valence electrons. The Morgan fingerprint density at radius 1 is 0.966 bits per heavy atom. The number of carbonyl (C=O) groups excluding carboxylic acids is 1. The van der Waals surface area contributed by atoms with Gasteiger partial charge in [-0.3, -0.25) is 10.2 Å². The average molecular weight is 401 g/mol. The largest absolute Gasteiger partial charge is 0.422 e. The van der Waals surface area contributed by atoms with Crippen molar-refractivity contribution in [3.8, 4) is 0 Å². The molecule has 8 heteroatoms. The second kappa shape index (κ2) is 6.99. The van der Waals surface area contributed by atoms with Crippen LogP contribution in [0.2, 0.25) is 0 Å². The van der Waals surface area contributed by atoms with E-state index in [2.05, 4.69) is 15.3 Å². The first kappa shape index (κ1) is 17.3. The van der Waals surface area contributed by atoms with Crippen LogP contribution in [-0.4, -0.2) is 17.0 Å². The molecule has 4 aromatic rings. The number of hydrogen-bond donors (Lipinski definition) is 2. The molecule has 7 nitrogen and oxygen atoms in total. The Hall–Kier alpha value is -3.78. The molecule has 1 aliphatic heterocycles. The highest BCUT2D eigenvalue weighted by Crippen LogP contribution is 2.47. The molecule has 0 radical (unpaired) electrons. The molecule has 0 saturated heterocycles. The van der Waals surface area contributed by atoms with Crippen molar-refractivity contribution in [1.82, 2.24) is 10.3 Å². The van der Waals surface area contributed by atoms with Gasteiger partial charge in [-0.2, -0.15) is 9.98 Å². The zero-order chi connectivity index (χ0) is 19.8. The molecule has 0 bridgehead atoms. The SMILES string of the molecule is N/C(=N\c1nc2ccccc2o1)NC(=O)N1c2ccccc2Sc2ccccc21. The minimum Gasteiger partial charge on any atom is -0.422 e. The van der Waals surface area contributed by atoms with Crippen molar-refractivity contribution < 1.29 is 9.21 Å². The van der Waals surface area contributed by atoms with Crippen molar-refractivity contribution in [1.29, 1.82) is 0 Å². The Labute approximate surface area is 170 Å². The number of amides is 2. The first-order valence-corrected chi connectivity index (χ1v) is 9.67. The molecule has 3 N–H and O–H groups in total. The van der Waals surface area contributed by atoms with E-state index < -0.39 is 6.03 Å². The molecule has 1 aromatic heterocycles. The maximum absolute atomic E-state index is 13.1. The van der Waals surface area contributed by atoms with Crippen molar-refractivity contribution in [3.63, 3.8) is 0 Å². The Morgan fingerprint density at radius 3 is 2.28 bits per heavy atom. The van der Waals surface area contributed by atoms with E-state index in [1.165, 1.54) is 0 Å².